The number of aliphatic carboxylic acids is 1. The van der Waals surface area contributed by atoms with Crippen molar-refractivity contribution in [2.75, 3.05) is 0 Å². The van der Waals surface area contributed by atoms with E-state index < -0.39 is 22.2 Å². The van der Waals surface area contributed by atoms with Crippen LogP contribution >= 0.6 is 0 Å². The molecule has 0 amide bonds. The molecule has 9 aromatic carbocycles. The number of carboxylic acid groups (broad SMARTS) is 1. The number of rotatable bonds is 20. The van der Waals surface area contributed by atoms with E-state index in [1.165, 1.54) is 17.7 Å². The lowest BCUT2D eigenvalue weighted by Crippen LogP contribution is -2.31. The summed E-state index contributed by atoms with van der Waals surface area (Å²) in [4.78, 5) is 58.0. The predicted molar refractivity (Wildman–Crippen MR) is 433 cm³/mol. The first-order valence-corrected chi connectivity index (χ1v) is 30.0. The van der Waals surface area contributed by atoms with Crippen molar-refractivity contribution in [2.45, 2.75) is 212 Å². The molecule has 0 radical (unpaired) electrons. The van der Waals surface area contributed by atoms with Crippen LogP contribution in [0.3, 0.4) is 0 Å². The molecule has 562 valence electrons. The number of carbonyl (C=O) groups excluding carboxylic acids is 4. The molecule has 0 heterocycles. The van der Waals surface area contributed by atoms with Crippen molar-refractivity contribution in [3.8, 4) is 23.0 Å². The van der Waals surface area contributed by atoms with E-state index in [1.54, 1.807) is 64.1 Å². The third-order valence-electron chi connectivity index (χ3n) is 15.6. The smallest absolute Gasteiger partial charge is 0.316 e. The first-order valence-electron chi connectivity index (χ1n) is 30.0. The van der Waals surface area contributed by atoms with Gasteiger partial charge in [0.25, 0.3) is 0 Å². The van der Waals surface area contributed by atoms with Gasteiger partial charge in [0.05, 0.1) is 17.3 Å². The van der Waals surface area contributed by atoms with Crippen molar-refractivity contribution in [1.82, 2.24) is 0 Å². The van der Waals surface area contributed by atoms with Crippen molar-refractivity contribution < 1.29 is 58.2 Å². The molecule has 102 heavy (non-hydrogen) atoms. The fourth-order valence-electron chi connectivity index (χ4n) is 8.39. The Labute approximate surface area is 618 Å². The zero-order valence-electron chi connectivity index (χ0n) is 54.1. The second kappa shape index (κ2) is 51.1. The minimum absolute atomic E-state index is 0. The molecule has 0 saturated carbocycles. The summed E-state index contributed by atoms with van der Waals surface area (Å²) in [7, 11) is 0. The van der Waals surface area contributed by atoms with Crippen molar-refractivity contribution in [2.24, 2.45) is 0 Å². The number of ether oxygens (including phenoxy) is 4. The Kier molecular flexibility index (Phi) is 52.8. The molecule has 0 unspecified atom stereocenters. The lowest BCUT2D eigenvalue weighted by molar-refractivity contribution is -0.150. The summed E-state index contributed by atoms with van der Waals surface area (Å²) in [5.74, 6) is 0.896. The third-order valence-corrected chi connectivity index (χ3v) is 15.6. The van der Waals surface area contributed by atoms with E-state index >= 15 is 0 Å². The van der Waals surface area contributed by atoms with Crippen LogP contribution in [-0.2, 0) is 88.0 Å². The predicted octanol–water partition coefficient (Wildman–Crippen LogP) is 23.7. The van der Waals surface area contributed by atoms with E-state index in [9.17, 15) is 24.0 Å². The topological polar surface area (TPSA) is 183 Å². The van der Waals surface area contributed by atoms with Crippen LogP contribution in [0.15, 0.2) is 243 Å². The molecule has 0 spiro atoms. The average molecular weight is 1400 g/mol. The molecule has 0 bridgehead atoms. The number of ketones is 2. The van der Waals surface area contributed by atoms with E-state index in [0.29, 0.717) is 25.4 Å². The lowest BCUT2D eigenvalue weighted by Gasteiger charge is -2.23. The number of phenolic OH excluding ortho intramolecular Hbond substituents is 2. The van der Waals surface area contributed by atoms with E-state index in [-0.39, 0.29) is 135 Å². The monoisotopic (exact) mass is 1400 g/mol. The van der Waals surface area contributed by atoms with Gasteiger partial charge in [-0.3, -0.25) is 24.0 Å². The van der Waals surface area contributed by atoms with Gasteiger partial charge in [0, 0.05) is 10.8 Å². The quantitative estimate of drug-likeness (QED) is 0.0615. The van der Waals surface area contributed by atoms with Gasteiger partial charge in [-0.25, -0.2) is 0 Å². The number of benzene rings is 9. The number of aryl methyl sites for hydroxylation is 1. The molecule has 12 nitrogen and oxygen atoms in total. The number of Topliss-reactive ketones (excluding diaryl/α,β-unsaturated/α-hetero) is 2. The molecule has 0 saturated heterocycles. The Bertz CT molecular complexity index is 3500. The summed E-state index contributed by atoms with van der Waals surface area (Å²) in [6.45, 7) is 21.6. The van der Waals surface area contributed by atoms with Crippen LogP contribution < -0.4 is 9.47 Å². The van der Waals surface area contributed by atoms with Crippen molar-refractivity contribution >= 4 is 29.5 Å². The Hall–Kier alpha value is -10.1. The number of carboxylic acids is 1. The summed E-state index contributed by atoms with van der Waals surface area (Å²) < 4.78 is 22.4. The molecule has 3 N–H and O–H groups in total. The first-order chi connectivity index (χ1) is 43.2. The zero-order chi connectivity index (χ0) is 66.6. The van der Waals surface area contributed by atoms with Gasteiger partial charge in [0.2, 0.25) is 0 Å². The molecule has 12 heteroatoms. The van der Waals surface area contributed by atoms with Crippen LogP contribution in [0.5, 0.6) is 23.0 Å². The molecule has 0 atom stereocenters. The number of phenols is 2. The van der Waals surface area contributed by atoms with Gasteiger partial charge >= 0.3 is 17.9 Å². The molecule has 9 aromatic rings. The maximum atomic E-state index is 12.6. The van der Waals surface area contributed by atoms with Crippen molar-refractivity contribution in [3.05, 3.63) is 298 Å². The van der Waals surface area contributed by atoms with Gasteiger partial charge in [-0.15, -0.1) is 0 Å². The molecule has 9 rings (SSSR count). The zero-order valence-corrected chi connectivity index (χ0v) is 54.1. The van der Waals surface area contributed by atoms with Crippen molar-refractivity contribution in [3.63, 3.8) is 0 Å². The summed E-state index contributed by atoms with van der Waals surface area (Å²) in [5.41, 5.74) is 7.47. The van der Waals surface area contributed by atoms with Gasteiger partial charge in [0.1, 0.15) is 61.0 Å². The molecule has 0 fully saturated rings. The summed E-state index contributed by atoms with van der Waals surface area (Å²) in [5, 5.41) is 27.0. The molecule has 0 aliphatic rings. The van der Waals surface area contributed by atoms with Gasteiger partial charge in [-0.1, -0.05) is 281 Å². The van der Waals surface area contributed by atoms with Crippen LogP contribution in [0, 0.1) is 6.92 Å². The molecule has 0 aliphatic carbocycles. The largest absolute Gasteiger partial charge is 0.508 e. The number of esters is 2. The van der Waals surface area contributed by atoms with E-state index in [0.717, 1.165) is 56.0 Å². The van der Waals surface area contributed by atoms with Gasteiger partial charge in [0.15, 0.2) is 0 Å². The third kappa shape index (κ3) is 34.3. The standard InChI is InChI=1S/C24H24O3.C22H20O3.C12H16O.C11H14O2.C10H12O3.11CH4/c1-24(2,23(25)27-18-20-11-7-4-8-12-20)21-13-15-22(16-14-21)26-17-19-9-5-3-6-10-19;23-22(25-17-20-9-5-2-6-10-20)15-18-11-13-21(14-12-18)24-16-19-7-3-1-4-8-19;1-9-5-7-11(8-6-9)12(3,4)10(2)13;1-8(12)11(2,3)9-4-6-10(13)7-5-9;1-10(2,9(12)13)7-3-5-8(11)6-4-7;;;;;;;;;;;/h3-16H,17-18H2,1-2H3;1-14H,15-17H2;5-8H,1-4H3;4-7,13H,1-3H3;3-6,11H,1-2H3,(H,12,13);11*1H4. The maximum Gasteiger partial charge on any atom is 0.316 e. The fourth-order valence-corrected chi connectivity index (χ4v) is 8.39. The minimum Gasteiger partial charge on any atom is -0.508 e. The second-order valence-corrected chi connectivity index (χ2v) is 24.0. The number of hydrogen-bond donors (Lipinski definition) is 3. The average Bonchev–Trinajstić information content (AvgIpc) is 0.841. The van der Waals surface area contributed by atoms with Crippen LogP contribution in [0.25, 0.3) is 0 Å². The van der Waals surface area contributed by atoms with E-state index in [2.05, 4.69) is 0 Å². The fraction of sp³-hybridized carbons (Fsp3) is 0.344. The van der Waals surface area contributed by atoms with Gasteiger partial charge < -0.3 is 34.3 Å². The molecular formula is C90H130O12. The molecule has 0 aliphatic heterocycles. The summed E-state index contributed by atoms with van der Waals surface area (Å²) in [6.07, 6.45) is 0.256. The maximum absolute atomic E-state index is 12.6. The highest BCUT2D eigenvalue weighted by Gasteiger charge is 2.32. The Morgan fingerprint density at radius 3 is 0.892 bits per heavy atom. The SMILES string of the molecule is C.C.C.C.C.C.C.C.C.C.C.CC(=O)C(C)(C)c1ccc(C)cc1.CC(=O)C(C)(C)c1ccc(O)cc1.CC(C)(C(=O)O)c1ccc(O)cc1.CC(C)(C(=O)OCc1ccccc1)c1ccc(OCc2ccccc2)cc1.O=C(Cc1ccc(OCc2ccccc2)cc1)OCc1ccccc1. The summed E-state index contributed by atoms with van der Waals surface area (Å²) >= 11 is 0. The Morgan fingerprint density at radius 1 is 0.314 bits per heavy atom. The number of carbonyl (C=O) groups is 5. The van der Waals surface area contributed by atoms with Crippen LogP contribution in [0.1, 0.15) is 207 Å². The number of hydrogen-bond acceptors (Lipinski definition) is 11. The van der Waals surface area contributed by atoms with Gasteiger partial charge in [-0.2, -0.15) is 0 Å². The highest BCUT2D eigenvalue weighted by molar-refractivity contribution is 5.87. The van der Waals surface area contributed by atoms with Crippen LogP contribution in [-0.4, -0.2) is 44.8 Å². The van der Waals surface area contributed by atoms with Crippen LogP contribution in [0.2, 0.25) is 0 Å². The molecule has 0 aromatic heterocycles. The second-order valence-electron chi connectivity index (χ2n) is 24.0. The first kappa shape index (κ1) is 105. The summed E-state index contributed by atoms with van der Waals surface area (Å²) in [6, 6.07) is 75.6. The minimum atomic E-state index is -0.909. The number of aromatic hydroxyl groups is 2. The van der Waals surface area contributed by atoms with E-state index in [1.807, 2.05) is 243 Å². The Morgan fingerprint density at radius 2 is 0.578 bits per heavy atom. The van der Waals surface area contributed by atoms with Crippen molar-refractivity contribution in [1.29, 1.82) is 0 Å². The Balaban J connectivity index is -0.000000223. The normalized spacial score (nSPS) is 9.75. The highest BCUT2D eigenvalue weighted by Crippen LogP contribution is 2.30. The molecular weight excluding hydrogens is 1270 g/mol. The van der Waals surface area contributed by atoms with Crippen LogP contribution in [0.4, 0.5) is 0 Å². The lowest BCUT2D eigenvalue weighted by atomic mass is 9.81. The van der Waals surface area contributed by atoms with E-state index in [4.69, 9.17) is 34.3 Å². The highest BCUT2D eigenvalue weighted by atomic mass is 16.5. The van der Waals surface area contributed by atoms with Gasteiger partial charge in [-0.05, 0) is 175 Å².